The lowest BCUT2D eigenvalue weighted by Crippen LogP contribution is -2.39. The molecule has 3 N–H and O–H groups in total. The van der Waals surface area contributed by atoms with Crippen LogP contribution in [0.4, 0.5) is 11.5 Å². The number of nitro groups is 1. The summed E-state index contributed by atoms with van der Waals surface area (Å²) >= 11 is 0. The maximum absolute atomic E-state index is 11.6. The summed E-state index contributed by atoms with van der Waals surface area (Å²) in [5.41, 5.74) is -1.55. The van der Waals surface area contributed by atoms with E-state index >= 15 is 0 Å². The molecule has 0 aliphatic rings. The fraction of sp³-hybridized carbons (Fsp3) is 0.417. The molecule has 1 rings (SSSR count). The molecule has 0 atom stereocenters. The first kappa shape index (κ1) is 16.3. The van der Waals surface area contributed by atoms with Crippen molar-refractivity contribution in [2.75, 3.05) is 18.9 Å². The molecule has 1 aromatic rings. The monoisotopic (exact) mass is 296 g/mol. The number of hydrogen-bond acceptors (Lipinski definition) is 6. The van der Waals surface area contributed by atoms with Gasteiger partial charge in [-0.3, -0.25) is 14.9 Å². The molecular formula is C12H16N4O5. The predicted octanol–water partition coefficient (Wildman–Crippen LogP) is 0.872. The molecule has 0 saturated heterocycles. The largest absolute Gasteiger partial charge is 0.478 e. The molecule has 0 bridgehead atoms. The lowest BCUT2D eigenvalue weighted by Gasteiger charge is -2.22. The van der Waals surface area contributed by atoms with E-state index in [4.69, 9.17) is 5.11 Å². The van der Waals surface area contributed by atoms with E-state index in [-0.39, 0.29) is 23.8 Å². The van der Waals surface area contributed by atoms with Gasteiger partial charge in [-0.2, -0.15) is 0 Å². The van der Waals surface area contributed by atoms with Gasteiger partial charge in [-0.25, -0.2) is 9.78 Å². The molecule has 0 aromatic carbocycles. The summed E-state index contributed by atoms with van der Waals surface area (Å²) in [7, 11) is 1.49. The Kier molecular flexibility index (Phi) is 4.79. The number of nitrogens with zero attached hydrogens (tertiary/aromatic N) is 2. The highest BCUT2D eigenvalue weighted by atomic mass is 16.6. The number of carboxylic acid groups (broad SMARTS) is 1. The summed E-state index contributed by atoms with van der Waals surface area (Å²) in [6.45, 7) is 3.43. The van der Waals surface area contributed by atoms with Gasteiger partial charge in [-0.05, 0) is 13.8 Å². The molecule has 9 heteroatoms. The molecular weight excluding hydrogens is 280 g/mol. The molecule has 0 saturated carbocycles. The molecule has 9 nitrogen and oxygen atoms in total. The minimum Gasteiger partial charge on any atom is -0.478 e. The van der Waals surface area contributed by atoms with Crippen LogP contribution in [0.2, 0.25) is 0 Å². The van der Waals surface area contributed by atoms with E-state index in [1.165, 1.54) is 7.05 Å². The molecule has 0 unspecified atom stereocenters. The number of carbonyl (C=O) groups is 2. The summed E-state index contributed by atoms with van der Waals surface area (Å²) in [4.78, 5) is 36.4. The van der Waals surface area contributed by atoms with Gasteiger partial charge in [-0.15, -0.1) is 0 Å². The smallest absolute Gasteiger partial charge is 0.337 e. The summed E-state index contributed by atoms with van der Waals surface area (Å²) < 4.78 is 0. The fourth-order valence-corrected chi connectivity index (χ4v) is 1.57. The Balaban J connectivity index is 3.01. The van der Waals surface area contributed by atoms with Crippen molar-refractivity contribution in [2.24, 2.45) is 5.41 Å². The van der Waals surface area contributed by atoms with E-state index in [9.17, 15) is 19.7 Å². The van der Waals surface area contributed by atoms with Crippen LogP contribution in [0, 0.1) is 15.5 Å². The van der Waals surface area contributed by atoms with Crippen molar-refractivity contribution in [3.8, 4) is 0 Å². The Bertz CT molecular complexity index is 585. The van der Waals surface area contributed by atoms with Gasteiger partial charge in [0, 0.05) is 25.9 Å². The molecule has 0 fully saturated rings. The summed E-state index contributed by atoms with van der Waals surface area (Å²) in [6, 6.07) is 0.921. The van der Waals surface area contributed by atoms with Gasteiger partial charge >= 0.3 is 11.7 Å². The van der Waals surface area contributed by atoms with Gasteiger partial charge in [0.15, 0.2) is 0 Å². The van der Waals surface area contributed by atoms with Crippen molar-refractivity contribution in [1.82, 2.24) is 10.3 Å². The van der Waals surface area contributed by atoms with Crippen molar-refractivity contribution in [1.29, 1.82) is 0 Å². The predicted molar refractivity (Wildman–Crippen MR) is 74.2 cm³/mol. The Morgan fingerprint density at radius 3 is 2.57 bits per heavy atom. The molecule has 0 aliphatic heterocycles. The van der Waals surface area contributed by atoms with Crippen LogP contribution >= 0.6 is 0 Å². The number of amides is 1. The number of pyridine rings is 1. The zero-order valence-electron chi connectivity index (χ0n) is 11.8. The Morgan fingerprint density at radius 1 is 1.48 bits per heavy atom. The van der Waals surface area contributed by atoms with Gasteiger partial charge in [0.2, 0.25) is 11.7 Å². The summed E-state index contributed by atoms with van der Waals surface area (Å²) in [6.07, 6.45) is 1.02. The van der Waals surface area contributed by atoms with E-state index in [0.717, 1.165) is 12.3 Å². The average Bonchev–Trinajstić information content (AvgIpc) is 2.43. The zero-order chi connectivity index (χ0) is 16.2. The third kappa shape index (κ3) is 3.88. The SMILES string of the molecule is CNC(=O)C(C)(C)CNc1ncc(C(=O)O)cc1[N+](=O)[O-]. The molecule has 1 amide bonds. The van der Waals surface area contributed by atoms with Crippen LogP contribution in [0.15, 0.2) is 12.3 Å². The lowest BCUT2D eigenvalue weighted by molar-refractivity contribution is -0.384. The molecule has 1 aromatic heterocycles. The van der Waals surface area contributed by atoms with Crippen LogP contribution in [-0.4, -0.2) is 40.5 Å². The first-order chi connectivity index (χ1) is 9.69. The zero-order valence-corrected chi connectivity index (χ0v) is 11.8. The molecule has 0 spiro atoms. The number of aromatic nitrogens is 1. The molecule has 1 heterocycles. The molecule has 0 radical (unpaired) electrons. The van der Waals surface area contributed by atoms with Crippen LogP contribution in [0.3, 0.4) is 0 Å². The van der Waals surface area contributed by atoms with E-state index in [1.807, 2.05) is 0 Å². The van der Waals surface area contributed by atoms with E-state index in [0.29, 0.717) is 0 Å². The number of carbonyl (C=O) groups excluding carboxylic acids is 1. The number of carboxylic acids is 1. The maximum Gasteiger partial charge on any atom is 0.337 e. The number of hydrogen-bond donors (Lipinski definition) is 3. The van der Waals surface area contributed by atoms with Crippen LogP contribution in [0.25, 0.3) is 0 Å². The minimum atomic E-state index is -1.30. The molecule has 21 heavy (non-hydrogen) atoms. The quantitative estimate of drug-likeness (QED) is 0.523. The van der Waals surface area contributed by atoms with Gasteiger partial charge in [0.25, 0.3) is 0 Å². The first-order valence-corrected chi connectivity index (χ1v) is 6.03. The highest BCUT2D eigenvalue weighted by molar-refractivity contribution is 5.88. The van der Waals surface area contributed by atoms with Crippen molar-refractivity contribution in [2.45, 2.75) is 13.8 Å². The second-order valence-corrected chi connectivity index (χ2v) is 4.97. The standard InChI is InChI=1S/C12H16N4O5/c1-12(2,11(19)13-3)6-15-9-8(16(20)21)4-7(5-14-9)10(17)18/h4-5H,6H2,1-3H3,(H,13,19)(H,14,15)(H,17,18). The highest BCUT2D eigenvalue weighted by Crippen LogP contribution is 2.25. The van der Waals surface area contributed by atoms with Crippen molar-refractivity contribution < 1.29 is 19.6 Å². The fourth-order valence-electron chi connectivity index (χ4n) is 1.57. The molecule has 0 aliphatic carbocycles. The van der Waals surface area contributed by atoms with Crippen molar-refractivity contribution in [3.05, 3.63) is 27.9 Å². The summed E-state index contributed by atoms with van der Waals surface area (Å²) in [5.74, 6) is -1.62. The second kappa shape index (κ2) is 6.16. The van der Waals surface area contributed by atoms with Gasteiger partial charge < -0.3 is 15.7 Å². The Hall–Kier alpha value is -2.71. The maximum atomic E-state index is 11.6. The van der Waals surface area contributed by atoms with Crippen molar-refractivity contribution in [3.63, 3.8) is 0 Å². The lowest BCUT2D eigenvalue weighted by atomic mass is 9.92. The average molecular weight is 296 g/mol. The Morgan fingerprint density at radius 2 is 2.10 bits per heavy atom. The van der Waals surface area contributed by atoms with Crippen LogP contribution < -0.4 is 10.6 Å². The Labute approximate surface area is 120 Å². The number of aromatic carboxylic acids is 1. The normalized spacial score (nSPS) is 10.8. The van der Waals surface area contributed by atoms with Crippen molar-refractivity contribution >= 4 is 23.4 Å². The first-order valence-electron chi connectivity index (χ1n) is 6.03. The molecule has 114 valence electrons. The van der Waals surface area contributed by atoms with E-state index in [1.54, 1.807) is 13.8 Å². The summed E-state index contributed by atoms with van der Waals surface area (Å²) in [5, 5.41) is 25.0. The van der Waals surface area contributed by atoms with Gasteiger partial charge in [0.1, 0.15) is 0 Å². The van der Waals surface area contributed by atoms with Gasteiger partial charge in [-0.1, -0.05) is 0 Å². The number of anilines is 1. The van der Waals surface area contributed by atoms with E-state index < -0.39 is 22.0 Å². The van der Waals surface area contributed by atoms with Gasteiger partial charge in [0.05, 0.1) is 15.9 Å². The van der Waals surface area contributed by atoms with E-state index in [2.05, 4.69) is 15.6 Å². The minimum absolute atomic E-state index is 0.0815. The highest BCUT2D eigenvalue weighted by Gasteiger charge is 2.28. The van der Waals surface area contributed by atoms with Crippen LogP contribution in [0.1, 0.15) is 24.2 Å². The topological polar surface area (TPSA) is 134 Å². The van der Waals surface area contributed by atoms with Crippen LogP contribution in [-0.2, 0) is 4.79 Å². The third-order valence-corrected chi connectivity index (χ3v) is 2.85. The number of rotatable bonds is 6. The number of nitrogens with one attached hydrogen (secondary N) is 2. The third-order valence-electron chi connectivity index (χ3n) is 2.85. The van der Waals surface area contributed by atoms with Crippen LogP contribution in [0.5, 0.6) is 0 Å². The second-order valence-electron chi connectivity index (χ2n) is 4.97.